The van der Waals surface area contributed by atoms with Crippen molar-refractivity contribution in [3.63, 3.8) is 0 Å². The number of fused-ring (bicyclic) bond motifs is 2. The molecule has 1 fully saturated rings. The summed E-state index contributed by atoms with van der Waals surface area (Å²) in [4.78, 5) is 29.9. The number of carbonyl (C=O) groups is 2. The van der Waals surface area contributed by atoms with E-state index in [1.165, 1.54) is 6.07 Å². The van der Waals surface area contributed by atoms with Gasteiger partial charge < -0.3 is 25.0 Å². The van der Waals surface area contributed by atoms with Crippen LogP contribution in [-0.4, -0.2) is 70.2 Å². The zero-order chi connectivity index (χ0) is 23.7. The Morgan fingerprint density at radius 1 is 1.06 bits per heavy atom. The third kappa shape index (κ3) is 4.19. The Morgan fingerprint density at radius 3 is 2.65 bits per heavy atom. The maximum atomic E-state index is 13.4. The van der Waals surface area contributed by atoms with Gasteiger partial charge in [-0.15, -0.1) is 0 Å². The molecule has 0 spiro atoms. The standard InChI is InChI=1S/C25H29N5O4/c1-26-7-10-34-18-6-5-16-14-30(15-17(16)11-18)24(32)20-12-19-21(13-22(20)31)27-28-23(19)25(33)29-8-3-2-4-9-29/h5-6,11-13,26,31H,2-4,7-10,14-15H2,1H3,(H,27,28). The van der Waals surface area contributed by atoms with Crippen LogP contribution in [0.15, 0.2) is 30.3 Å². The highest BCUT2D eigenvalue weighted by molar-refractivity contribution is 6.08. The summed E-state index contributed by atoms with van der Waals surface area (Å²) < 4.78 is 5.74. The molecule has 34 heavy (non-hydrogen) atoms. The number of carbonyl (C=O) groups excluding carboxylic acids is 2. The third-order valence-electron chi connectivity index (χ3n) is 6.56. The second kappa shape index (κ2) is 9.34. The molecule has 2 amide bonds. The average Bonchev–Trinajstić information content (AvgIpc) is 3.47. The van der Waals surface area contributed by atoms with E-state index in [0.717, 1.165) is 42.7 Å². The smallest absolute Gasteiger partial charge is 0.274 e. The van der Waals surface area contributed by atoms with Crippen LogP contribution in [0.25, 0.3) is 10.9 Å². The number of hydrogen-bond donors (Lipinski definition) is 3. The molecular formula is C25H29N5O4. The SMILES string of the molecule is CNCCOc1ccc2c(c1)CN(C(=O)c1cc3c(C(=O)N4CCCCC4)n[nH]c3cc1O)C2. The molecule has 3 N–H and O–H groups in total. The molecule has 0 radical (unpaired) electrons. The van der Waals surface area contributed by atoms with E-state index in [9.17, 15) is 14.7 Å². The van der Waals surface area contributed by atoms with Crippen molar-refractivity contribution >= 4 is 22.7 Å². The number of benzene rings is 2. The van der Waals surface area contributed by atoms with E-state index in [2.05, 4.69) is 15.5 Å². The van der Waals surface area contributed by atoms with Gasteiger partial charge in [-0.1, -0.05) is 6.07 Å². The highest BCUT2D eigenvalue weighted by atomic mass is 16.5. The van der Waals surface area contributed by atoms with Crippen LogP contribution in [0, 0.1) is 0 Å². The van der Waals surface area contributed by atoms with Crippen molar-refractivity contribution in [1.82, 2.24) is 25.3 Å². The number of phenolic OH excluding ortho intramolecular Hbond substituents is 1. The number of rotatable bonds is 6. The Morgan fingerprint density at radius 2 is 1.85 bits per heavy atom. The van der Waals surface area contributed by atoms with Crippen LogP contribution < -0.4 is 10.1 Å². The second-order valence-corrected chi connectivity index (χ2v) is 8.88. The highest BCUT2D eigenvalue weighted by Crippen LogP contribution is 2.32. The number of amides is 2. The van der Waals surface area contributed by atoms with Crippen LogP contribution in [-0.2, 0) is 13.1 Å². The van der Waals surface area contributed by atoms with Crippen LogP contribution >= 0.6 is 0 Å². The Labute approximate surface area is 197 Å². The number of nitrogens with one attached hydrogen (secondary N) is 2. The Balaban J connectivity index is 1.37. The van der Waals surface area contributed by atoms with Crippen LogP contribution in [0.4, 0.5) is 0 Å². The van der Waals surface area contributed by atoms with Crippen molar-refractivity contribution in [3.05, 3.63) is 52.7 Å². The number of nitrogens with zero attached hydrogens (tertiary/aromatic N) is 3. The first-order valence-corrected chi connectivity index (χ1v) is 11.7. The van der Waals surface area contributed by atoms with Gasteiger partial charge in [-0.3, -0.25) is 14.7 Å². The Bertz CT molecular complexity index is 1230. The second-order valence-electron chi connectivity index (χ2n) is 8.88. The minimum Gasteiger partial charge on any atom is -0.507 e. The lowest BCUT2D eigenvalue weighted by Crippen LogP contribution is -2.35. The molecule has 0 saturated carbocycles. The predicted octanol–water partition coefficient (Wildman–Crippen LogP) is 2.65. The van der Waals surface area contributed by atoms with Crippen LogP contribution in [0.3, 0.4) is 0 Å². The number of ether oxygens (including phenoxy) is 1. The first-order chi connectivity index (χ1) is 16.5. The van der Waals surface area contributed by atoms with E-state index in [4.69, 9.17) is 4.74 Å². The lowest BCUT2D eigenvalue weighted by Gasteiger charge is -2.26. The first-order valence-electron chi connectivity index (χ1n) is 11.7. The van der Waals surface area contributed by atoms with Crippen molar-refractivity contribution in [2.45, 2.75) is 32.4 Å². The van der Waals surface area contributed by atoms with Gasteiger partial charge in [0, 0.05) is 44.2 Å². The van der Waals surface area contributed by atoms with Gasteiger partial charge in [0.25, 0.3) is 11.8 Å². The van der Waals surface area contributed by atoms with Gasteiger partial charge in [0.05, 0.1) is 11.1 Å². The number of H-pyrrole nitrogens is 1. The fraction of sp³-hybridized carbons (Fsp3) is 0.400. The Kier molecular flexibility index (Phi) is 6.10. The molecule has 178 valence electrons. The largest absolute Gasteiger partial charge is 0.507 e. The fourth-order valence-electron chi connectivity index (χ4n) is 4.68. The molecule has 9 heteroatoms. The van der Waals surface area contributed by atoms with Crippen LogP contribution in [0.5, 0.6) is 11.5 Å². The molecule has 2 aliphatic rings. The maximum Gasteiger partial charge on any atom is 0.274 e. The van der Waals surface area contributed by atoms with Crippen molar-refractivity contribution in [1.29, 1.82) is 0 Å². The molecule has 5 rings (SSSR count). The van der Waals surface area contributed by atoms with Crippen LogP contribution in [0.2, 0.25) is 0 Å². The lowest BCUT2D eigenvalue weighted by atomic mass is 10.1. The zero-order valence-electron chi connectivity index (χ0n) is 19.3. The zero-order valence-corrected chi connectivity index (χ0v) is 19.3. The van der Waals surface area contributed by atoms with E-state index in [-0.39, 0.29) is 23.1 Å². The fourth-order valence-corrected chi connectivity index (χ4v) is 4.68. The average molecular weight is 464 g/mol. The molecular weight excluding hydrogens is 434 g/mol. The highest BCUT2D eigenvalue weighted by Gasteiger charge is 2.29. The number of hydrogen-bond acceptors (Lipinski definition) is 6. The normalized spacial score (nSPS) is 15.6. The van der Waals surface area contributed by atoms with Crippen molar-refractivity contribution in [3.8, 4) is 11.5 Å². The monoisotopic (exact) mass is 463 g/mol. The van der Waals surface area contributed by atoms with Gasteiger partial charge in [0.2, 0.25) is 0 Å². The van der Waals surface area contributed by atoms with Crippen molar-refractivity contribution < 1.29 is 19.4 Å². The van der Waals surface area contributed by atoms with Gasteiger partial charge in [0.15, 0.2) is 5.69 Å². The third-order valence-corrected chi connectivity index (χ3v) is 6.56. The molecule has 0 aliphatic carbocycles. The van der Waals surface area contributed by atoms with Gasteiger partial charge in [-0.05, 0) is 55.6 Å². The summed E-state index contributed by atoms with van der Waals surface area (Å²) in [5.74, 6) is 0.206. The van der Waals surface area contributed by atoms with Crippen molar-refractivity contribution in [2.24, 2.45) is 0 Å². The lowest BCUT2D eigenvalue weighted by molar-refractivity contribution is 0.0717. The van der Waals surface area contributed by atoms with E-state index in [0.29, 0.717) is 49.4 Å². The van der Waals surface area contributed by atoms with E-state index in [1.54, 1.807) is 15.9 Å². The molecule has 2 aromatic carbocycles. The summed E-state index contributed by atoms with van der Waals surface area (Å²) in [7, 11) is 1.87. The number of phenols is 1. The van der Waals surface area contributed by atoms with Gasteiger partial charge in [-0.2, -0.15) is 5.10 Å². The van der Waals surface area contributed by atoms with Gasteiger partial charge in [0.1, 0.15) is 18.1 Å². The topological polar surface area (TPSA) is 111 Å². The molecule has 3 aromatic rings. The van der Waals surface area contributed by atoms with Crippen molar-refractivity contribution in [2.75, 3.05) is 33.3 Å². The van der Waals surface area contributed by atoms with Crippen LogP contribution in [0.1, 0.15) is 51.2 Å². The number of aromatic nitrogens is 2. The first kappa shape index (κ1) is 22.2. The van der Waals surface area contributed by atoms with E-state index in [1.807, 2.05) is 25.2 Å². The molecule has 3 heterocycles. The molecule has 0 unspecified atom stereocenters. The molecule has 1 aromatic heterocycles. The van der Waals surface area contributed by atoms with Gasteiger partial charge in [-0.25, -0.2) is 0 Å². The number of aromatic amines is 1. The quantitative estimate of drug-likeness (QED) is 0.485. The summed E-state index contributed by atoms with van der Waals surface area (Å²) >= 11 is 0. The summed E-state index contributed by atoms with van der Waals surface area (Å²) in [6.07, 6.45) is 3.09. The van der Waals surface area contributed by atoms with E-state index >= 15 is 0 Å². The number of likely N-dealkylation sites (tertiary alicyclic amines) is 1. The molecule has 2 aliphatic heterocycles. The summed E-state index contributed by atoms with van der Waals surface area (Å²) in [5, 5.41) is 21.2. The molecule has 1 saturated heterocycles. The van der Waals surface area contributed by atoms with Gasteiger partial charge >= 0.3 is 0 Å². The summed E-state index contributed by atoms with van der Waals surface area (Å²) in [6.45, 7) is 3.62. The molecule has 0 bridgehead atoms. The molecule has 9 nitrogen and oxygen atoms in total. The Hall–Kier alpha value is -3.59. The number of aromatic hydroxyl groups is 1. The summed E-state index contributed by atoms with van der Waals surface area (Å²) in [5.41, 5.74) is 3.07. The summed E-state index contributed by atoms with van der Waals surface area (Å²) in [6, 6.07) is 8.91. The predicted molar refractivity (Wildman–Crippen MR) is 127 cm³/mol. The number of piperidine rings is 1. The minimum atomic E-state index is -0.286. The minimum absolute atomic E-state index is 0.134. The maximum absolute atomic E-state index is 13.4. The molecule has 0 atom stereocenters. The van der Waals surface area contributed by atoms with E-state index < -0.39 is 0 Å². The number of likely N-dealkylation sites (N-methyl/N-ethyl adjacent to an activating group) is 1.